The van der Waals surface area contributed by atoms with E-state index in [1.807, 2.05) is 31.2 Å². The Balaban J connectivity index is 2.62. The van der Waals surface area contributed by atoms with E-state index in [1.165, 1.54) is 0 Å². The lowest BCUT2D eigenvalue weighted by atomic mass is 10.1. The van der Waals surface area contributed by atoms with Crippen LogP contribution in [0.1, 0.15) is 19.4 Å². The quantitative estimate of drug-likeness (QED) is 0.894. The predicted molar refractivity (Wildman–Crippen MR) is 71.0 cm³/mol. The molecule has 1 aromatic rings. The molecule has 0 spiro atoms. The fourth-order valence-electron chi connectivity index (χ4n) is 1.64. The van der Waals surface area contributed by atoms with Gasteiger partial charge in [0.15, 0.2) is 0 Å². The Bertz CT molecular complexity index is 376. The first-order chi connectivity index (χ1) is 7.91. The molecular weight excluding hydrogens is 236 g/mol. The van der Waals surface area contributed by atoms with Gasteiger partial charge in [-0.1, -0.05) is 23.7 Å². The zero-order valence-corrected chi connectivity index (χ0v) is 11.2. The highest BCUT2D eigenvalue weighted by Gasteiger charge is 2.18. The van der Waals surface area contributed by atoms with E-state index in [1.54, 1.807) is 18.9 Å². The van der Waals surface area contributed by atoms with Gasteiger partial charge in [-0.25, -0.2) is 0 Å². The van der Waals surface area contributed by atoms with Crippen molar-refractivity contribution in [1.82, 2.24) is 4.90 Å². The lowest BCUT2D eigenvalue weighted by Gasteiger charge is -2.26. The summed E-state index contributed by atoms with van der Waals surface area (Å²) in [6.07, 6.45) is 0.798. The summed E-state index contributed by atoms with van der Waals surface area (Å²) in [7, 11) is 1.78. The van der Waals surface area contributed by atoms with Crippen LogP contribution in [-0.2, 0) is 11.2 Å². The molecule has 1 rings (SSSR count). The molecule has 0 saturated heterocycles. The van der Waals surface area contributed by atoms with Crippen LogP contribution in [-0.4, -0.2) is 29.9 Å². The molecule has 0 saturated carbocycles. The molecule has 0 radical (unpaired) electrons. The minimum atomic E-state index is -0.451. The van der Waals surface area contributed by atoms with Crippen molar-refractivity contribution in [2.75, 3.05) is 7.05 Å². The lowest BCUT2D eigenvalue weighted by molar-refractivity contribution is -0.132. The molecule has 0 fully saturated rings. The molecule has 0 aliphatic rings. The summed E-state index contributed by atoms with van der Waals surface area (Å²) in [5.41, 5.74) is 6.74. The molecule has 3 nitrogen and oxygen atoms in total. The van der Waals surface area contributed by atoms with Gasteiger partial charge < -0.3 is 10.6 Å². The molecule has 0 aliphatic carbocycles. The van der Waals surface area contributed by atoms with Gasteiger partial charge >= 0.3 is 0 Å². The fourth-order valence-corrected chi connectivity index (χ4v) is 1.76. The minimum absolute atomic E-state index is 0.0357. The van der Waals surface area contributed by atoms with Gasteiger partial charge in [0.2, 0.25) is 5.91 Å². The Morgan fingerprint density at radius 2 is 1.88 bits per heavy atom. The number of benzene rings is 1. The van der Waals surface area contributed by atoms with Gasteiger partial charge in [0, 0.05) is 18.1 Å². The molecule has 1 unspecified atom stereocenters. The molecule has 2 N–H and O–H groups in total. The van der Waals surface area contributed by atoms with Gasteiger partial charge in [0.25, 0.3) is 0 Å². The van der Waals surface area contributed by atoms with Crippen LogP contribution < -0.4 is 5.73 Å². The van der Waals surface area contributed by atoms with Crippen LogP contribution in [0.2, 0.25) is 5.02 Å². The third-order valence-electron chi connectivity index (χ3n) is 2.84. The van der Waals surface area contributed by atoms with Crippen molar-refractivity contribution in [3.8, 4) is 0 Å². The highest BCUT2D eigenvalue weighted by molar-refractivity contribution is 6.30. The molecule has 0 heterocycles. The molecule has 1 aromatic carbocycles. The Labute approximate surface area is 108 Å². The van der Waals surface area contributed by atoms with Crippen molar-refractivity contribution in [3.63, 3.8) is 0 Å². The van der Waals surface area contributed by atoms with Crippen LogP contribution in [0, 0.1) is 0 Å². The number of nitrogens with two attached hydrogens (primary N) is 1. The number of hydrogen-bond acceptors (Lipinski definition) is 2. The first-order valence-corrected chi connectivity index (χ1v) is 6.06. The van der Waals surface area contributed by atoms with Crippen LogP contribution in [0.3, 0.4) is 0 Å². The average Bonchev–Trinajstić information content (AvgIpc) is 2.30. The summed E-state index contributed by atoms with van der Waals surface area (Å²) in [6.45, 7) is 3.71. The SMILES string of the molecule is CC(Cc1ccc(Cl)cc1)N(C)C(=O)[C@@H](C)N. The normalized spacial score (nSPS) is 14.2. The van der Waals surface area contributed by atoms with Gasteiger partial charge in [-0.3, -0.25) is 4.79 Å². The molecular formula is C13H19ClN2O. The van der Waals surface area contributed by atoms with Gasteiger partial charge in [-0.2, -0.15) is 0 Å². The van der Waals surface area contributed by atoms with Gasteiger partial charge in [-0.05, 0) is 38.0 Å². The van der Waals surface area contributed by atoms with Crippen molar-refractivity contribution >= 4 is 17.5 Å². The Morgan fingerprint density at radius 3 is 2.35 bits per heavy atom. The molecule has 0 aromatic heterocycles. The summed E-state index contributed by atoms with van der Waals surface area (Å²) >= 11 is 5.82. The molecule has 0 bridgehead atoms. The van der Waals surface area contributed by atoms with Gasteiger partial charge in [0.1, 0.15) is 0 Å². The molecule has 4 heteroatoms. The summed E-state index contributed by atoms with van der Waals surface area (Å²) in [4.78, 5) is 13.4. The maximum absolute atomic E-state index is 11.7. The highest BCUT2D eigenvalue weighted by Crippen LogP contribution is 2.13. The molecule has 94 valence electrons. The van der Waals surface area contributed by atoms with E-state index in [4.69, 9.17) is 17.3 Å². The van der Waals surface area contributed by atoms with Crippen molar-refractivity contribution < 1.29 is 4.79 Å². The molecule has 17 heavy (non-hydrogen) atoms. The maximum Gasteiger partial charge on any atom is 0.239 e. The van der Waals surface area contributed by atoms with Crippen LogP contribution >= 0.6 is 11.6 Å². The van der Waals surface area contributed by atoms with Gasteiger partial charge in [-0.15, -0.1) is 0 Å². The Hall–Kier alpha value is -1.06. The Kier molecular flexibility index (Phi) is 4.97. The van der Waals surface area contributed by atoms with E-state index in [-0.39, 0.29) is 11.9 Å². The van der Waals surface area contributed by atoms with E-state index >= 15 is 0 Å². The topological polar surface area (TPSA) is 46.3 Å². The van der Waals surface area contributed by atoms with E-state index in [0.717, 1.165) is 17.0 Å². The van der Waals surface area contributed by atoms with Crippen molar-refractivity contribution in [2.24, 2.45) is 5.73 Å². The second kappa shape index (κ2) is 6.03. The molecule has 1 amide bonds. The largest absolute Gasteiger partial charge is 0.341 e. The smallest absolute Gasteiger partial charge is 0.239 e. The number of carbonyl (C=O) groups excluding carboxylic acids is 1. The number of carbonyl (C=O) groups is 1. The minimum Gasteiger partial charge on any atom is -0.341 e. The number of halogens is 1. The average molecular weight is 255 g/mol. The zero-order chi connectivity index (χ0) is 13.0. The summed E-state index contributed by atoms with van der Waals surface area (Å²) in [6, 6.07) is 7.34. The van der Waals surface area contributed by atoms with E-state index < -0.39 is 6.04 Å². The van der Waals surface area contributed by atoms with Gasteiger partial charge in [0.05, 0.1) is 6.04 Å². The molecule has 2 atom stereocenters. The number of hydrogen-bond donors (Lipinski definition) is 1. The predicted octanol–water partition coefficient (Wildman–Crippen LogP) is 2.08. The zero-order valence-electron chi connectivity index (χ0n) is 10.5. The first-order valence-electron chi connectivity index (χ1n) is 5.68. The van der Waals surface area contributed by atoms with Crippen molar-refractivity contribution in [3.05, 3.63) is 34.9 Å². The monoisotopic (exact) mass is 254 g/mol. The van der Waals surface area contributed by atoms with Crippen LogP contribution in [0.15, 0.2) is 24.3 Å². The van der Waals surface area contributed by atoms with E-state index in [9.17, 15) is 4.79 Å². The first kappa shape index (κ1) is 14.0. The number of nitrogens with zero attached hydrogens (tertiary/aromatic N) is 1. The number of likely N-dealkylation sites (N-methyl/N-ethyl adjacent to an activating group) is 1. The standard InChI is InChI=1S/C13H19ClN2O/c1-9(16(3)13(17)10(2)15)8-11-4-6-12(14)7-5-11/h4-7,9-10H,8,15H2,1-3H3/t9?,10-/m1/s1. The lowest BCUT2D eigenvalue weighted by Crippen LogP contribution is -2.44. The summed E-state index contributed by atoms with van der Waals surface area (Å²) in [5, 5.41) is 0.724. The number of rotatable bonds is 4. The summed E-state index contributed by atoms with van der Waals surface area (Å²) < 4.78 is 0. The maximum atomic E-state index is 11.7. The van der Waals surface area contributed by atoms with Crippen LogP contribution in [0.4, 0.5) is 0 Å². The van der Waals surface area contributed by atoms with Crippen molar-refractivity contribution in [2.45, 2.75) is 32.4 Å². The molecule has 0 aliphatic heterocycles. The second-order valence-electron chi connectivity index (χ2n) is 4.42. The highest BCUT2D eigenvalue weighted by atomic mass is 35.5. The Morgan fingerprint density at radius 1 is 1.35 bits per heavy atom. The van der Waals surface area contributed by atoms with E-state index in [2.05, 4.69) is 0 Å². The fraction of sp³-hybridized carbons (Fsp3) is 0.462. The van der Waals surface area contributed by atoms with Crippen LogP contribution in [0.25, 0.3) is 0 Å². The third kappa shape index (κ3) is 4.02. The number of amides is 1. The third-order valence-corrected chi connectivity index (χ3v) is 3.09. The summed E-state index contributed by atoms with van der Waals surface area (Å²) in [5.74, 6) is -0.0357. The van der Waals surface area contributed by atoms with Crippen molar-refractivity contribution in [1.29, 1.82) is 0 Å². The second-order valence-corrected chi connectivity index (χ2v) is 4.85. The van der Waals surface area contributed by atoms with E-state index in [0.29, 0.717) is 0 Å². The van der Waals surface area contributed by atoms with Crippen LogP contribution in [0.5, 0.6) is 0 Å².